The third-order valence-corrected chi connectivity index (χ3v) is 6.91. The van der Waals surface area contributed by atoms with Crippen LogP contribution in [-0.2, 0) is 37.1 Å². The molecule has 7 heteroatoms. The standard InChI is InChI=1S/C25H23N3O3S/c29-23(26-19-11-10-17-5-3-6-18(17)15-19)16-28-22-9-2-1-8-21(22)24(30)27(25(28)31)13-12-20-7-4-14-32-20/h1-2,4,7-11,14-15H,3,5-6,12-13,16H2,(H,26,29). The van der Waals surface area contributed by atoms with Crippen molar-refractivity contribution in [2.24, 2.45) is 0 Å². The van der Waals surface area contributed by atoms with Gasteiger partial charge in [-0.1, -0.05) is 24.3 Å². The first-order chi connectivity index (χ1) is 15.6. The number of nitrogens with one attached hydrogen (secondary N) is 1. The Morgan fingerprint density at radius 2 is 1.81 bits per heavy atom. The van der Waals surface area contributed by atoms with E-state index >= 15 is 0 Å². The van der Waals surface area contributed by atoms with Gasteiger partial charge in [-0.2, -0.15) is 0 Å². The highest BCUT2D eigenvalue weighted by Gasteiger charge is 2.16. The molecular weight excluding hydrogens is 422 g/mol. The first-order valence-corrected chi connectivity index (χ1v) is 11.6. The van der Waals surface area contributed by atoms with E-state index in [-0.39, 0.29) is 24.6 Å². The zero-order valence-corrected chi connectivity index (χ0v) is 18.4. The van der Waals surface area contributed by atoms with Crippen molar-refractivity contribution in [2.45, 2.75) is 38.8 Å². The van der Waals surface area contributed by atoms with Crippen LogP contribution in [0.15, 0.2) is 69.6 Å². The molecule has 0 saturated carbocycles. The summed E-state index contributed by atoms with van der Waals surface area (Å²) in [6.07, 6.45) is 3.84. The van der Waals surface area contributed by atoms with Crippen molar-refractivity contribution in [2.75, 3.05) is 5.32 Å². The number of hydrogen-bond donors (Lipinski definition) is 1. The molecule has 0 radical (unpaired) electrons. The molecule has 5 rings (SSSR count). The molecular formula is C25H23N3O3S. The van der Waals surface area contributed by atoms with Gasteiger partial charge in [0, 0.05) is 17.1 Å². The molecule has 1 N–H and O–H groups in total. The van der Waals surface area contributed by atoms with E-state index in [1.807, 2.05) is 29.6 Å². The van der Waals surface area contributed by atoms with Crippen molar-refractivity contribution in [1.82, 2.24) is 9.13 Å². The summed E-state index contributed by atoms with van der Waals surface area (Å²) in [6, 6.07) is 16.9. The second kappa shape index (κ2) is 8.59. The molecule has 1 amide bonds. The van der Waals surface area contributed by atoms with E-state index in [1.165, 1.54) is 20.3 Å². The lowest BCUT2D eigenvalue weighted by atomic mass is 10.1. The summed E-state index contributed by atoms with van der Waals surface area (Å²) in [5, 5.41) is 5.32. The average Bonchev–Trinajstić information content (AvgIpc) is 3.48. The maximum absolute atomic E-state index is 13.3. The maximum atomic E-state index is 13.3. The van der Waals surface area contributed by atoms with Crippen molar-refractivity contribution in [1.29, 1.82) is 0 Å². The summed E-state index contributed by atoms with van der Waals surface area (Å²) in [4.78, 5) is 40.2. The molecule has 2 heterocycles. The summed E-state index contributed by atoms with van der Waals surface area (Å²) in [5.41, 5.74) is 3.03. The largest absolute Gasteiger partial charge is 0.331 e. The van der Waals surface area contributed by atoms with E-state index in [0.29, 0.717) is 17.3 Å². The molecule has 4 aromatic rings. The molecule has 0 unspecified atom stereocenters. The average molecular weight is 446 g/mol. The highest BCUT2D eigenvalue weighted by Crippen LogP contribution is 2.25. The van der Waals surface area contributed by atoms with E-state index in [1.54, 1.807) is 35.6 Å². The number of fused-ring (bicyclic) bond motifs is 2. The number of para-hydroxylation sites is 1. The third-order valence-electron chi connectivity index (χ3n) is 5.98. The maximum Gasteiger partial charge on any atom is 0.331 e. The summed E-state index contributed by atoms with van der Waals surface area (Å²) in [7, 11) is 0. The van der Waals surface area contributed by atoms with Crippen LogP contribution in [0.3, 0.4) is 0 Å². The third kappa shape index (κ3) is 3.91. The van der Waals surface area contributed by atoms with Gasteiger partial charge in [-0.3, -0.25) is 18.7 Å². The minimum atomic E-state index is -0.464. The highest BCUT2D eigenvalue weighted by molar-refractivity contribution is 7.09. The van der Waals surface area contributed by atoms with Gasteiger partial charge in [-0.25, -0.2) is 4.79 Å². The topological polar surface area (TPSA) is 73.1 Å². The predicted octanol–water partition coefficient (Wildman–Crippen LogP) is 3.59. The number of aromatic nitrogens is 2. The molecule has 0 atom stereocenters. The summed E-state index contributed by atoms with van der Waals surface area (Å²) < 4.78 is 2.64. The van der Waals surface area contributed by atoms with Gasteiger partial charge in [0.2, 0.25) is 5.91 Å². The Bertz CT molecular complexity index is 1420. The predicted molar refractivity (Wildman–Crippen MR) is 128 cm³/mol. The van der Waals surface area contributed by atoms with Crippen LogP contribution in [0.1, 0.15) is 22.4 Å². The Hall–Kier alpha value is -3.45. The van der Waals surface area contributed by atoms with Crippen LogP contribution >= 0.6 is 11.3 Å². The second-order valence-corrected chi connectivity index (χ2v) is 9.09. The van der Waals surface area contributed by atoms with Crippen LogP contribution in [0.2, 0.25) is 0 Å². The monoisotopic (exact) mass is 445 g/mol. The first-order valence-electron chi connectivity index (χ1n) is 10.8. The molecule has 0 aliphatic heterocycles. The number of rotatable bonds is 6. The lowest BCUT2D eigenvalue weighted by molar-refractivity contribution is -0.116. The molecule has 162 valence electrons. The van der Waals surface area contributed by atoms with Crippen LogP contribution in [-0.4, -0.2) is 15.0 Å². The fourth-order valence-electron chi connectivity index (χ4n) is 4.39. The van der Waals surface area contributed by atoms with Crippen molar-refractivity contribution in [3.05, 3.63) is 96.8 Å². The number of anilines is 1. The van der Waals surface area contributed by atoms with E-state index in [9.17, 15) is 14.4 Å². The van der Waals surface area contributed by atoms with Gasteiger partial charge < -0.3 is 5.32 Å². The highest BCUT2D eigenvalue weighted by atomic mass is 32.1. The minimum Gasteiger partial charge on any atom is -0.325 e. The van der Waals surface area contributed by atoms with Crippen molar-refractivity contribution in [3.63, 3.8) is 0 Å². The van der Waals surface area contributed by atoms with Gasteiger partial charge in [-0.05, 0) is 72.5 Å². The van der Waals surface area contributed by atoms with Crippen LogP contribution in [0, 0.1) is 0 Å². The van der Waals surface area contributed by atoms with Crippen molar-refractivity contribution in [3.8, 4) is 0 Å². The lowest BCUT2D eigenvalue weighted by Crippen LogP contribution is -2.42. The fraction of sp³-hybridized carbons (Fsp3) is 0.240. The number of nitrogens with zero attached hydrogens (tertiary/aromatic N) is 2. The Balaban J connectivity index is 1.46. The number of benzene rings is 2. The molecule has 0 saturated heterocycles. The first kappa shape index (κ1) is 20.5. The van der Waals surface area contributed by atoms with Crippen LogP contribution in [0.25, 0.3) is 10.9 Å². The molecule has 0 fully saturated rings. The zero-order chi connectivity index (χ0) is 22.1. The zero-order valence-electron chi connectivity index (χ0n) is 17.5. The molecule has 0 spiro atoms. The van der Waals surface area contributed by atoms with Gasteiger partial charge in [-0.15, -0.1) is 11.3 Å². The summed E-state index contributed by atoms with van der Waals surface area (Å²) in [5.74, 6) is -0.293. The van der Waals surface area contributed by atoms with Crippen molar-refractivity contribution < 1.29 is 4.79 Å². The number of hydrogen-bond acceptors (Lipinski definition) is 4. The van der Waals surface area contributed by atoms with Crippen LogP contribution in [0.5, 0.6) is 0 Å². The number of carbonyl (C=O) groups is 1. The Kier molecular flexibility index (Phi) is 5.49. The van der Waals surface area contributed by atoms with E-state index in [4.69, 9.17) is 0 Å². The molecule has 6 nitrogen and oxygen atoms in total. The van der Waals surface area contributed by atoms with Gasteiger partial charge in [0.15, 0.2) is 0 Å². The number of amides is 1. The summed E-state index contributed by atoms with van der Waals surface area (Å²) in [6.45, 7) is 0.116. The Labute approximate surface area is 188 Å². The quantitative estimate of drug-likeness (QED) is 0.493. The SMILES string of the molecule is O=C(Cn1c(=O)n(CCc2cccs2)c(=O)c2ccccc21)Nc1ccc2c(c1)CCC2. The number of aryl methyl sites for hydroxylation is 3. The van der Waals surface area contributed by atoms with Crippen molar-refractivity contribution >= 4 is 33.8 Å². The second-order valence-electron chi connectivity index (χ2n) is 8.06. The van der Waals surface area contributed by atoms with Gasteiger partial charge in [0.25, 0.3) is 5.56 Å². The summed E-state index contributed by atoms with van der Waals surface area (Å²) >= 11 is 1.59. The van der Waals surface area contributed by atoms with Gasteiger partial charge in [0.1, 0.15) is 6.54 Å². The van der Waals surface area contributed by atoms with Crippen LogP contribution < -0.4 is 16.6 Å². The van der Waals surface area contributed by atoms with Gasteiger partial charge in [0.05, 0.1) is 10.9 Å². The Morgan fingerprint density at radius 3 is 2.66 bits per heavy atom. The molecule has 32 heavy (non-hydrogen) atoms. The number of carbonyl (C=O) groups excluding carboxylic acids is 1. The van der Waals surface area contributed by atoms with E-state index in [2.05, 4.69) is 11.4 Å². The van der Waals surface area contributed by atoms with Gasteiger partial charge >= 0.3 is 5.69 Å². The molecule has 2 aromatic carbocycles. The van der Waals surface area contributed by atoms with E-state index < -0.39 is 5.69 Å². The molecule has 0 bridgehead atoms. The minimum absolute atomic E-state index is 0.157. The normalized spacial score (nSPS) is 12.8. The molecule has 1 aliphatic rings. The Morgan fingerprint density at radius 1 is 0.969 bits per heavy atom. The lowest BCUT2D eigenvalue weighted by Gasteiger charge is -2.14. The smallest absolute Gasteiger partial charge is 0.325 e. The number of thiophene rings is 1. The fourth-order valence-corrected chi connectivity index (χ4v) is 5.09. The van der Waals surface area contributed by atoms with Crippen LogP contribution in [0.4, 0.5) is 5.69 Å². The molecule has 2 aromatic heterocycles. The molecule has 1 aliphatic carbocycles. The van der Waals surface area contributed by atoms with E-state index in [0.717, 1.165) is 29.8 Å².